The highest BCUT2D eigenvalue weighted by Crippen LogP contribution is 2.70. The first kappa shape index (κ1) is 53.6. The Labute approximate surface area is 440 Å². The highest BCUT2D eigenvalue weighted by Gasteiger charge is 2.76. The van der Waals surface area contributed by atoms with Gasteiger partial charge in [-0.3, -0.25) is 48.6 Å². The summed E-state index contributed by atoms with van der Waals surface area (Å²) in [6, 6.07) is 12.5. The van der Waals surface area contributed by atoms with Gasteiger partial charge < -0.3 is 45.5 Å². The van der Waals surface area contributed by atoms with Gasteiger partial charge >= 0.3 is 12.1 Å². The fourth-order valence-electron chi connectivity index (χ4n) is 12.4. The fraction of sp³-hybridized carbons (Fsp3) is 0.444. The topological polar surface area (TPSA) is 306 Å². The molecule has 21 nitrogen and oxygen atoms in total. The summed E-state index contributed by atoms with van der Waals surface area (Å²) in [5.74, 6) is -5.07. The molecular weight excluding hydrogens is 1000 g/mol. The summed E-state index contributed by atoms with van der Waals surface area (Å²) in [4.78, 5) is 117. The van der Waals surface area contributed by atoms with Gasteiger partial charge in [0.1, 0.15) is 19.3 Å². The Morgan fingerprint density at radius 2 is 1.66 bits per heavy atom. The van der Waals surface area contributed by atoms with E-state index < -0.39 is 108 Å². The number of aromatic nitrogens is 1. The molecule has 4 aliphatic carbocycles. The molecule has 1 saturated heterocycles. The minimum atomic E-state index is -1.47. The fourth-order valence-corrected chi connectivity index (χ4v) is 13.1. The number of benzene rings is 2. The first-order valence-corrected chi connectivity index (χ1v) is 26.0. The number of carbonyl (C=O) groups is 9. The van der Waals surface area contributed by atoms with Crippen LogP contribution in [-0.4, -0.2) is 122 Å². The average Bonchev–Trinajstić information content (AvgIpc) is 4.33. The van der Waals surface area contributed by atoms with Crippen molar-refractivity contribution in [2.45, 2.75) is 102 Å². The third-order valence-electron chi connectivity index (χ3n) is 16.0. The van der Waals surface area contributed by atoms with Gasteiger partial charge in [0.25, 0.3) is 11.8 Å². The van der Waals surface area contributed by atoms with Gasteiger partial charge in [0.05, 0.1) is 24.4 Å². The molecule has 7 N–H and O–H groups in total. The first-order valence-electron chi connectivity index (χ1n) is 25.1. The van der Waals surface area contributed by atoms with Crippen LogP contribution in [0.3, 0.4) is 0 Å². The number of allylic oxidation sites excluding steroid dienone is 4. The van der Waals surface area contributed by atoms with Gasteiger partial charge in [-0.15, -0.1) is 11.3 Å². The van der Waals surface area contributed by atoms with E-state index in [1.807, 2.05) is 37.3 Å². The lowest BCUT2D eigenvalue weighted by Crippen LogP contribution is -2.63. The summed E-state index contributed by atoms with van der Waals surface area (Å²) in [7, 11) is 0. The van der Waals surface area contributed by atoms with Crippen LogP contribution in [0, 0.1) is 28.6 Å². The van der Waals surface area contributed by atoms with Crippen LogP contribution in [-0.2, 0) is 65.6 Å². The van der Waals surface area contributed by atoms with Crippen LogP contribution in [0.25, 0.3) is 0 Å². The summed E-state index contributed by atoms with van der Waals surface area (Å²) in [5, 5.41) is 43.6. The number of rotatable bonds is 19. The number of fused-ring (bicyclic) bond motifs is 7. The molecule has 3 aromatic rings. The van der Waals surface area contributed by atoms with Crippen LogP contribution in [0.1, 0.15) is 87.5 Å². The van der Waals surface area contributed by atoms with E-state index in [0.29, 0.717) is 46.9 Å². The zero-order chi connectivity index (χ0) is 54.1. The lowest BCUT2D eigenvalue weighted by atomic mass is 9.46. The third-order valence-corrected chi connectivity index (χ3v) is 16.8. The van der Waals surface area contributed by atoms with Crippen molar-refractivity contribution < 1.29 is 72.7 Å². The minimum Gasteiger partial charge on any atom is -0.481 e. The number of anilines is 2. The molecule has 3 heterocycles. The van der Waals surface area contributed by atoms with E-state index in [9.17, 15) is 58.5 Å². The number of nitrogens with one attached hydrogen (secondary N) is 4. The quantitative estimate of drug-likeness (QED) is 0.0840. The number of aliphatic hydroxyl groups is 2. The van der Waals surface area contributed by atoms with E-state index >= 15 is 0 Å². The molecule has 6 amide bonds. The molecule has 0 radical (unpaired) electrons. The molecule has 2 aromatic carbocycles. The monoisotopic (exact) mass is 1060 g/mol. The highest BCUT2D eigenvalue weighted by atomic mass is 32.1. The highest BCUT2D eigenvalue weighted by molar-refractivity contribution is 7.13. The van der Waals surface area contributed by atoms with Crippen molar-refractivity contribution >= 4 is 75.3 Å². The summed E-state index contributed by atoms with van der Waals surface area (Å²) >= 11 is 1.21. The number of hydrogen-bond acceptors (Lipinski definition) is 16. The smallest absolute Gasteiger partial charge is 0.413 e. The number of carbonyl (C=O) groups excluding carboxylic acids is 8. The van der Waals surface area contributed by atoms with E-state index in [2.05, 4.69) is 33.2 Å². The van der Waals surface area contributed by atoms with Crippen molar-refractivity contribution in [1.29, 1.82) is 0 Å². The van der Waals surface area contributed by atoms with Crippen molar-refractivity contribution in [3.8, 4) is 0 Å². The van der Waals surface area contributed by atoms with Gasteiger partial charge in [-0.25, -0.2) is 9.78 Å². The van der Waals surface area contributed by atoms with Gasteiger partial charge in [0, 0.05) is 71.3 Å². The Morgan fingerprint density at radius 3 is 2.37 bits per heavy atom. The van der Waals surface area contributed by atoms with E-state index in [1.165, 1.54) is 23.5 Å². The van der Waals surface area contributed by atoms with Gasteiger partial charge in [-0.05, 0) is 79.4 Å². The van der Waals surface area contributed by atoms with Crippen LogP contribution >= 0.6 is 11.3 Å². The number of aliphatic carboxylic acids is 1. The summed E-state index contributed by atoms with van der Waals surface area (Å²) < 4.78 is 18.7. The standard InChI is InChI=1S/C54H58N6O15S/c1-52-19-17-35(62)22-32(52)9-12-36-37-23-41-54(40(64)26-61,53(37,2)24-39(63)47(36)52)75-49(74-41)31-7-3-29(4-8-31)21-34-28-76-50(57-34)59-51(72)73-27-30-5-10-33(11-6-30)56-48(71)38(13-16-46(69)70)58-43(66)25-55-42(65)18-20-60-44(67)14-15-45(60)68/h3-8,10-11,14-15,17,19,22,28,36-39,41,47,49,61,63H,9,12-13,16,18,20-21,23-27H2,1-2H3,(H,55,65)(H,56,71)(H,58,66)(H,69,70)(H,57,59,72)/t36-,37-,38-,39-,41+,47+,49+,52-,53-,54+/m0/s1. The Balaban J connectivity index is 0.734. The molecule has 4 fully saturated rings. The molecule has 3 saturated carbocycles. The van der Waals surface area contributed by atoms with E-state index in [1.54, 1.807) is 29.7 Å². The second-order valence-electron chi connectivity index (χ2n) is 20.5. The average molecular weight is 1060 g/mol. The zero-order valence-corrected chi connectivity index (χ0v) is 42.5. The lowest BCUT2D eigenvalue weighted by Gasteiger charge is -2.59. The zero-order valence-electron chi connectivity index (χ0n) is 41.7. The number of carboxylic acid groups (broad SMARTS) is 1. The second kappa shape index (κ2) is 21.8. The maximum atomic E-state index is 14.0. The van der Waals surface area contributed by atoms with Crippen LogP contribution in [0.15, 0.2) is 89.9 Å². The molecule has 1 aromatic heterocycles. The number of ether oxygens (including phenoxy) is 3. The molecular formula is C54H58N6O15S. The summed E-state index contributed by atoms with van der Waals surface area (Å²) in [5.41, 5.74) is 1.39. The molecule has 0 spiro atoms. The number of imide groups is 1. The molecule has 6 aliphatic rings. The summed E-state index contributed by atoms with van der Waals surface area (Å²) in [6.07, 6.45) is 6.09. The molecule has 400 valence electrons. The van der Waals surface area contributed by atoms with Crippen molar-refractivity contribution in [2.75, 3.05) is 30.3 Å². The Morgan fingerprint density at radius 1 is 0.934 bits per heavy atom. The van der Waals surface area contributed by atoms with Crippen molar-refractivity contribution in [2.24, 2.45) is 28.6 Å². The second-order valence-corrected chi connectivity index (χ2v) is 21.4. The number of thiazole rings is 1. The van der Waals surface area contributed by atoms with Crippen molar-refractivity contribution in [3.63, 3.8) is 0 Å². The lowest BCUT2D eigenvalue weighted by molar-refractivity contribution is -0.201. The van der Waals surface area contributed by atoms with E-state index in [-0.39, 0.29) is 56.0 Å². The number of amides is 6. The Kier molecular flexibility index (Phi) is 15.4. The molecule has 22 heteroatoms. The van der Waals surface area contributed by atoms with Crippen LogP contribution < -0.4 is 21.3 Å². The maximum absolute atomic E-state index is 14.0. The number of hydrogen-bond donors (Lipinski definition) is 7. The van der Waals surface area contributed by atoms with Gasteiger partial charge in [-0.1, -0.05) is 61.9 Å². The molecule has 2 aliphatic heterocycles. The van der Waals surface area contributed by atoms with Crippen molar-refractivity contribution in [1.82, 2.24) is 20.5 Å². The molecule has 0 unspecified atom stereocenters. The Bertz CT molecular complexity index is 2920. The van der Waals surface area contributed by atoms with Crippen LogP contribution in [0.5, 0.6) is 0 Å². The number of nitrogens with zero attached hydrogens (tertiary/aromatic N) is 2. The minimum absolute atomic E-state index is 0.0275. The molecule has 10 atom stereocenters. The van der Waals surface area contributed by atoms with E-state index in [0.717, 1.165) is 34.6 Å². The Hall–Kier alpha value is -7.24. The molecule has 0 bridgehead atoms. The normalized spacial score (nSPS) is 28.3. The SMILES string of the molecule is C[C@]12C=CC(=O)C=C1CC[C@@H]1[C@@H]2[C@@H](O)C[C@@]2(C)[C@H]1C[C@H]1O[C@@H](c3ccc(Cc4csc(NC(=O)OCc5ccc(NC(=O)[C@H](CCC(=O)O)NC(=O)CNC(=O)CCN6C(=O)C=CC6=O)cc5)n4)cc3)O[C@]12C(=O)CO. The number of ketones is 2. The maximum Gasteiger partial charge on any atom is 0.413 e. The van der Waals surface area contributed by atoms with Gasteiger partial charge in [-0.2, -0.15) is 0 Å². The molecule has 76 heavy (non-hydrogen) atoms. The number of Topliss-reactive ketones (excluding diaryl/α,β-unsaturated/α-hetero) is 1. The van der Waals surface area contributed by atoms with Gasteiger partial charge in [0.15, 0.2) is 28.6 Å². The third kappa shape index (κ3) is 10.6. The van der Waals surface area contributed by atoms with Crippen LogP contribution in [0.2, 0.25) is 0 Å². The number of carboxylic acids is 1. The predicted molar refractivity (Wildman–Crippen MR) is 269 cm³/mol. The predicted octanol–water partition coefficient (Wildman–Crippen LogP) is 3.80. The van der Waals surface area contributed by atoms with E-state index in [4.69, 9.17) is 14.2 Å². The van der Waals surface area contributed by atoms with Crippen molar-refractivity contribution in [3.05, 3.63) is 112 Å². The number of aliphatic hydroxyl groups excluding tert-OH is 2. The summed E-state index contributed by atoms with van der Waals surface area (Å²) in [6.45, 7) is 2.49. The largest absolute Gasteiger partial charge is 0.481 e. The molecule has 9 rings (SSSR count). The first-order chi connectivity index (χ1) is 36.3. The van der Waals surface area contributed by atoms with Gasteiger partial charge in [0.2, 0.25) is 17.7 Å². The van der Waals surface area contributed by atoms with Crippen LogP contribution in [0.4, 0.5) is 15.6 Å².